The summed E-state index contributed by atoms with van der Waals surface area (Å²) in [5.41, 5.74) is 1.62. The molecule has 0 unspecified atom stereocenters. The number of phenols is 2. The Bertz CT molecular complexity index is 1070. The maximum absolute atomic E-state index is 10.4. The van der Waals surface area contributed by atoms with Gasteiger partial charge in [-0.3, -0.25) is 0 Å². The van der Waals surface area contributed by atoms with Crippen LogP contribution in [-0.2, 0) is 20.6 Å². The summed E-state index contributed by atoms with van der Waals surface area (Å²) in [7, 11) is 4.39. The van der Waals surface area contributed by atoms with E-state index in [1.807, 2.05) is 0 Å². The molecule has 2 aromatic carbocycles. The molecule has 0 radical (unpaired) electrons. The number of phenolic OH excluding ortho intramolecular Hbond substituents is 2. The van der Waals surface area contributed by atoms with Gasteiger partial charge in [0.1, 0.15) is 18.3 Å². The standard InChI is InChI=1S/C27H36O11/c1-13-22(29)24(31)25(32)27(38-13)37-12-17-16(7-14-8-20(34-3)23(30)21(9-14)35-4)11-36-26(17)15-5-6-18(28)19(10-15)33-2/h5-6,8-10,13,16-17,22,24-32H,7,11-12H2,1-4H3/t13-,16-,17-,22-,24+,25+,26+,27+/m0/s1. The molecule has 2 aliphatic rings. The van der Waals surface area contributed by atoms with E-state index in [2.05, 4.69) is 0 Å². The highest BCUT2D eigenvalue weighted by atomic mass is 16.7. The number of ether oxygens (including phenoxy) is 6. The molecule has 0 aliphatic carbocycles. The van der Waals surface area contributed by atoms with Gasteiger partial charge in [0.15, 0.2) is 29.3 Å². The first-order valence-corrected chi connectivity index (χ1v) is 12.4. The smallest absolute Gasteiger partial charge is 0.200 e. The SMILES string of the molecule is COc1cc([C@H]2OC[C@H](Cc3cc(OC)c(O)c(OC)c3)[C@@H]2CO[C@@H]2O[C@@H](C)[C@H](O)[C@@H](O)[C@H]2O)ccc1O. The van der Waals surface area contributed by atoms with Gasteiger partial charge in [0.25, 0.3) is 0 Å². The molecular formula is C27H36O11. The molecule has 11 heteroatoms. The molecule has 0 saturated carbocycles. The molecule has 2 aromatic rings. The van der Waals surface area contributed by atoms with Gasteiger partial charge in [-0.2, -0.15) is 0 Å². The van der Waals surface area contributed by atoms with Crippen LogP contribution in [0, 0.1) is 11.8 Å². The molecule has 0 bridgehead atoms. The molecule has 2 saturated heterocycles. The van der Waals surface area contributed by atoms with E-state index in [4.69, 9.17) is 28.4 Å². The average molecular weight is 537 g/mol. The third kappa shape index (κ3) is 5.63. The van der Waals surface area contributed by atoms with Crippen molar-refractivity contribution in [3.63, 3.8) is 0 Å². The van der Waals surface area contributed by atoms with Gasteiger partial charge >= 0.3 is 0 Å². The normalized spacial score (nSPS) is 31.2. The zero-order valence-electron chi connectivity index (χ0n) is 21.8. The Balaban J connectivity index is 1.60. The van der Waals surface area contributed by atoms with Crippen LogP contribution in [0.2, 0.25) is 0 Å². The number of hydrogen-bond donors (Lipinski definition) is 5. The van der Waals surface area contributed by atoms with Gasteiger partial charge in [-0.1, -0.05) is 6.07 Å². The molecule has 2 fully saturated rings. The van der Waals surface area contributed by atoms with Gasteiger partial charge in [0, 0.05) is 5.92 Å². The largest absolute Gasteiger partial charge is 0.504 e. The molecule has 2 aliphatic heterocycles. The number of hydrogen-bond acceptors (Lipinski definition) is 11. The van der Waals surface area contributed by atoms with Crippen LogP contribution in [0.1, 0.15) is 24.2 Å². The summed E-state index contributed by atoms with van der Waals surface area (Å²) in [6.07, 6.45) is -5.86. The molecule has 0 amide bonds. The maximum Gasteiger partial charge on any atom is 0.200 e. The van der Waals surface area contributed by atoms with Gasteiger partial charge in [-0.15, -0.1) is 0 Å². The zero-order chi connectivity index (χ0) is 27.6. The van der Waals surface area contributed by atoms with Crippen molar-refractivity contribution >= 4 is 0 Å². The lowest BCUT2D eigenvalue weighted by atomic mass is 9.84. The summed E-state index contributed by atoms with van der Waals surface area (Å²) in [6, 6.07) is 8.46. The highest BCUT2D eigenvalue weighted by molar-refractivity contribution is 5.53. The topological polar surface area (TPSA) is 157 Å². The van der Waals surface area contributed by atoms with Crippen LogP contribution < -0.4 is 14.2 Å². The van der Waals surface area contributed by atoms with Crippen LogP contribution in [0.25, 0.3) is 0 Å². The van der Waals surface area contributed by atoms with Crippen molar-refractivity contribution in [2.75, 3.05) is 34.5 Å². The number of rotatable bonds is 9. The van der Waals surface area contributed by atoms with Crippen molar-refractivity contribution in [2.24, 2.45) is 11.8 Å². The summed E-state index contributed by atoms with van der Waals surface area (Å²) >= 11 is 0. The summed E-state index contributed by atoms with van der Waals surface area (Å²) in [5, 5.41) is 51.0. The van der Waals surface area contributed by atoms with Crippen molar-refractivity contribution in [3.05, 3.63) is 41.5 Å². The molecule has 5 N–H and O–H groups in total. The Labute approximate surface area is 221 Å². The van der Waals surface area contributed by atoms with Crippen LogP contribution in [0.15, 0.2) is 30.3 Å². The Morgan fingerprint density at radius 1 is 0.868 bits per heavy atom. The minimum atomic E-state index is -1.43. The second kappa shape index (κ2) is 11.9. The van der Waals surface area contributed by atoms with Crippen LogP contribution >= 0.6 is 0 Å². The second-order valence-corrected chi connectivity index (χ2v) is 9.68. The van der Waals surface area contributed by atoms with Crippen LogP contribution in [0.3, 0.4) is 0 Å². The highest BCUT2D eigenvalue weighted by Crippen LogP contribution is 2.44. The van der Waals surface area contributed by atoms with Gasteiger partial charge in [0.2, 0.25) is 5.75 Å². The number of benzene rings is 2. The number of methoxy groups -OCH3 is 3. The summed E-state index contributed by atoms with van der Waals surface area (Å²) in [6.45, 7) is 2.07. The Hall–Kier alpha value is -2.80. The van der Waals surface area contributed by atoms with Crippen LogP contribution in [-0.4, -0.2) is 90.8 Å². The fourth-order valence-electron chi connectivity index (χ4n) is 5.10. The lowest BCUT2D eigenvalue weighted by Crippen LogP contribution is -2.57. The first-order chi connectivity index (χ1) is 18.2. The monoisotopic (exact) mass is 536 g/mol. The van der Waals surface area contributed by atoms with E-state index in [9.17, 15) is 25.5 Å². The fourth-order valence-corrected chi connectivity index (χ4v) is 5.10. The Morgan fingerprint density at radius 3 is 2.16 bits per heavy atom. The molecule has 0 spiro atoms. The van der Waals surface area contributed by atoms with E-state index in [1.54, 1.807) is 31.2 Å². The number of aliphatic hydroxyl groups excluding tert-OH is 3. The van der Waals surface area contributed by atoms with E-state index >= 15 is 0 Å². The lowest BCUT2D eigenvalue weighted by Gasteiger charge is -2.39. The zero-order valence-corrected chi connectivity index (χ0v) is 21.8. The predicted octanol–water partition coefficient (Wildman–Crippen LogP) is 1.51. The molecule has 4 rings (SSSR count). The minimum Gasteiger partial charge on any atom is -0.504 e. The van der Waals surface area contributed by atoms with Crippen molar-refractivity contribution in [1.82, 2.24) is 0 Å². The molecule has 8 atom stereocenters. The molecule has 210 valence electrons. The van der Waals surface area contributed by atoms with Gasteiger partial charge in [-0.25, -0.2) is 0 Å². The van der Waals surface area contributed by atoms with Crippen molar-refractivity contribution in [2.45, 2.75) is 50.2 Å². The lowest BCUT2D eigenvalue weighted by molar-refractivity contribution is -0.296. The summed E-state index contributed by atoms with van der Waals surface area (Å²) < 4.78 is 33.7. The third-order valence-electron chi connectivity index (χ3n) is 7.32. The van der Waals surface area contributed by atoms with Crippen LogP contribution in [0.4, 0.5) is 0 Å². The van der Waals surface area contributed by atoms with Crippen molar-refractivity contribution in [1.29, 1.82) is 0 Å². The van der Waals surface area contributed by atoms with Gasteiger partial charge in [-0.05, 0) is 54.7 Å². The van der Waals surface area contributed by atoms with Crippen molar-refractivity contribution in [3.8, 4) is 28.7 Å². The molecule has 2 heterocycles. The quantitative estimate of drug-likeness (QED) is 0.317. The van der Waals surface area contributed by atoms with Crippen LogP contribution in [0.5, 0.6) is 28.7 Å². The second-order valence-electron chi connectivity index (χ2n) is 9.68. The molecule has 0 aromatic heterocycles. The third-order valence-corrected chi connectivity index (χ3v) is 7.32. The van der Waals surface area contributed by atoms with E-state index in [1.165, 1.54) is 27.4 Å². The fraction of sp³-hybridized carbons (Fsp3) is 0.556. The Kier molecular flexibility index (Phi) is 8.86. The maximum atomic E-state index is 10.4. The molecule has 38 heavy (non-hydrogen) atoms. The molecule has 11 nitrogen and oxygen atoms in total. The van der Waals surface area contributed by atoms with E-state index in [-0.39, 0.29) is 41.4 Å². The minimum absolute atomic E-state index is 0.00198. The first-order valence-electron chi connectivity index (χ1n) is 12.4. The Morgan fingerprint density at radius 2 is 1.53 bits per heavy atom. The van der Waals surface area contributed by atoms with E-state index in [0.717, 1.165) is 11.1 Å². The van der Waals surface area contributed by atoms with Gasteiger partial charge in [0.05, 0.1) is 46.8 Å². The summed E-state index contributed by atoms with van der Waals surface area (Å²) in [4.78, 5) is 0. The van der Waals surface area contributed by atoms with Gasteiger partial charge < -0.3 is 54.0 Å². The summed E-state index contributed by atoms with van der Waals surface area (Å²) in [5.74, 6) is 0.463. The first kappa shape index (κ1) is 28.2. The average Bonchev–Trinajstić information content (AvgIpc) is 3.31. The highest BCUT2D eigenvalue weighted by Gasteiger charge is 2.44. The number of aliphatic hydroxyl groups is 3. The number of aromatic hydroxyl groups is 2. The van der Waals surface area contributed by atoms with E-state index in [0.29, 0.717) is 18.8 Å². The predicted molar refractivity (Wildman–Crippen MR) is 134 cm³/mol. The molecular weight excluding hydrogens is 500 g/mol. The van der Waals surface area contributed by atoms with E-state index < -0.39 is 36.8 Å². The van der Waals surface area contributed by atoms with Crippen molar-refractivity contribution < 1.29 is 54.0 Å².